The van der Waals surface area contributed by atoms with Crippen molar-refractivity contribution in [2.24, 2.45) is 5.92 Å². The summed E-state index contributed by atoms with van der Waals surface area (Å²) in [5.74, 6) is -0.296. The van der Waals surface area contributed by atoms with Crippen LogP contribution in [0.3, 0.4) is 0 Å². The number of benzene rings is 2. The van der Waals surface area contributed by atoms with Crippen LogP contribution in [0.2, 0.25) is 5.02 Å². The average Bonchev–Trinajstić information content (AvgIpc) is 2.73. The molecule has 0 heterocycles. The van der Waals surface area contributed by atoms with Gasteiger partial charge in [-0.1, -0.05) is 56.8 Å². The van der Waals surface area contributed by atoms with E-state index in [1.54, 1.807) is 24.3 Å². The lowest BCUT2D eigenvalue weighted by Gasteiger charge is -2.23. The first-order valence-corrected chi connectivity index (χ1v) is 12.7. The number of amides is 1. The standard InChI is InChI=1S/C23H30ClFN2O3S/c1-4-6-7-17(5-2)15-26-23(28)19-10-8-18(9-11-19)16-27(31(3,29)30)20-12-13-22(25)21(24)14-20/h8-14,17H,4-7,15-16H2,1-3H3,(H,26,28). The van der Waals surface area contributed by atoms with Crippen molar-refractivity contribution in [3.8, 4) is 0 Å². The molecule has 170 valence electrons. The number of sulfonamides is 1. The van der Waals surface area contributed by atoms with Gasteiger partial charge in [-0.3, -0.25) is 9.10 Å². The van der Waals surface area contributed by atoms with Gasteiger partial charge < -0.3 is 5.32 Å². The second kappa shape index (κ2) is 11.5. The summed E-state index contributed by atoms with van der Waals surface area (Å²) >= 11 is 5.82. The van der Waals surface area contributed by atoms with Crippen LogP contribution in [-0.4, -0.2) is 27.1 Å². The molecule has 1 N–H and O–H groups in total. The predicted molar refractivity (Wildman–Crippen MR) is 125 cm³/mol. The number of nitrogens with one attached hydrogen (secondary N) is 1. The number of halogens is 2. The fourth-order valence-corrected chi connectivity index (χ4v) is 4.30. The zero-order valence-corrected chi connectivity index (χ0v) is 19.8. The van der Waals surface area contributed by atoms with E-state index in [0.717, 1.165) is 42.3 Å². The highest BCUT2D eigenvalue weighted by Gasteiger charge is 2.19. The molecule has 0 spiro atoms. The fraction of sp³-hybridized carbons (Fsp3) is 0.435. The SMILES string of the molecule is CCCCC(CC)CNC(=O)c1ccc(CN(c2ccc(F)c(Cl)c2)S(C)(=O)=O)cc1. The number of anilines is 1. The molecule has 0 aliphatic heterocycles. The minimum absolute atomic E-state index is 0.0393. The Morgan fingerprint density at radius 1 is 1.16 bits per heavy atom. The number of hydrogen-bond donors (Lipinski definition) is 1. The molecule has 2 aromatic carbocycles. The van der Waals surface area contributed by atoms with Crippen LogP contribution in [0.1, 0.15) is 55.5 Å². The van der Waals surface area contributed by atoms with Crippen LogP contribution in [0.15, 0.2) is 42.5 Å². The average molecular weight is 469 g/mol. The van der Waals surface area contributed by atoms with E-state index in [2.05, 4.69) is 19.2 Å². The highest BCUT2D eigenvalue weighted by molar-refractivity contribution is 7.92. The summed E-state index contributed by atoms with van der Waals surface area (Å²) in [4.78, 5) is 12.5. The van der Waals surface area contributed by atoms with Gasteiger partial charge in [0.1, 0.15) is 5.82 Å². The molecule has 0 saturated carbocycles. The van der Waals surface area contributed by atoms with E-state index < -0.39 is 15.8 Å². The smallest absolute Gasteiger partial charge is 0.251 e. The highest BCUT2D eigenvalue weighted by atomic mass is 35.5. The second-order valence-electron chi connectivity index (χ2n) is 7.69. The summed E-state index contributed by atoms with van der Waals surface area (Å²) < 4.78 is 39.2. The van der Waals surface area contributed by atoms with Crippen molar-refractivity contribution in [3.05, 3.63) is 64.4 Å². The van der Waals surface area contributed by atoms with Crippen LogP contribution in [0, 0.1) is 11.7 Å². The summed E-state index contributed by atoms with van der Waals surface area (Å²) in [6.07, 6.45) is 5.49. The van der Waals surface area contributed by atoms with Crippen molar-refractivity contribution in [3.63, 3.8) is 0 Å². The van der Waals surface area contributed by atoms with Crippen molar-refractivity contribution >= 4 is 33.2 Å². The Kier molecular flexibility index (Phi) is 9.32. The summed E-state index contributed by atoms with van der Waals surface area (Å²) in [5.41, 5.74) is 1.48. The molecule has 0 radical (unpaired) electrons. The van der Waals surface area contributed by atoms with Gasteiger partial charge >= 0.3 is 0 Å². The van der Waals surface area contributed by atoms with E-state index in [-0.39, 0.29) is 23.2 Å². The summed E-state index contributed by atoms with van der Waals surface area (Å²) in [6.45, 7) is 4.97. The van der Waals surface area contributed by atoms with Gasteiger partial charge in [-0.2, -0.15) is 0 Å². The van der Waals surface area contributed by atoms with E-state index in [1.165, 1.54) is 12.1 Å². The van der Waals surface area contributed by atoms with Gasteiger partial charge in [0, 0.05) is 12.1 Å². The number of carbonyl (C=O) groups excluding carboxylic acids is 1. The quantitative estimate of drug-likeness (QED) is 0.480. The normalized spacial score (nSPS) is 12.4. The molecule has 8 heteroatoms. The monoisotopic (exact) mass is 468 g/mol. The van der Waals surface area contributed by atoms with Gasteiger partial charge in [0.2, 0.25) is 10.0 Å². The van der Waals surface area contributed by atoms with E-state index in [9.17, 15) is 17.6 Å². The molecular weight excluding hydrogens is 439 g/mol. The Balaban J connectivity index is 2.08. The van der Waals surface area contributed by atoms with Gasteiger partial charge in [0.15, 0.2) is 0 Å². The zero-order chi connectivity index (χ0) is 23.0. The lowest BCUT2D eigenvalue weighted by molar-refractivity contribution is 0.0946. The van der Waals surface area contributed by atoms with Crippen molar-refractivity contribution in [1.82, 2.24) is 5.32 Å². The summed E-state index contributed by atoms with van der Waals surface area (Å²) in [6, 6.07) is 10.6. The minimum Gasteiger partial charge on any atom is -0.352 e. The van der Waals surface area contributed by atoms with E-state index >= 15 is 0 Å². The van der Waals surface area contributed by atoms with Crippen LogP contribution >= 0.6 is 11.6 Å². The Labute approximate surface area is 189 Å². The van der Waals surface area contributed by atoms with E-state index in [1.807, 2.05) is 0 Å². The number of rotatable bonds is 11. The topological polar surface area (TPSA) is 66.5 Å². The lowest BCUT2D eigenvalue weighted by Crippen LogP contribution is -2.30. The second-order valence-corrected chi connectivity index (χ2v) is 10.0. The predicted octanol–water partition coefficient (Wildman–Crippen LogP) is 5.39. The molecule has 0 aliphatic carbocycles. The summed E-state index contributed by atoms with van der Waals surface area (Å²) in [5, 5.41) is 2.83. The first-order valence-electron chi connectivity index (χ1n) is 10.5. The van der Waals surface area contributed by atoms with Crippen LogP contribution in [0.25, 0.3) is 0 Å². The Morgan fingerprint density at radius 3 is 2.39 bits per heavy atom. The molecule has 31 heavy (non-hydrogen) atoms. The molecule has 0 saturated heterocycles. The zero-order valence-electron chi connectivity index (χ0n) is 18.2. The minimum atomic E-state index is -3.63. The van der Waals surface area contributed by atoms with E-state index in [0.29, 0.717) is 23.6 Å². The van der Waals surface area contributed by atoms with Crippen molar-refractivity contribution in [2.45, 2.75) is 46.1 Å². The third kappa shape index (κ3) is 7.51. The lowest BCUT2D eigenvalue weighted by atomic mass is 9.99. The van der Waals surface area contributed by atoms with E-state index in [4.69, 9.17) is 11.6 Å². The van der Waals surface area contributed by atoms with Gasteiger partial charge in [-0.05, 0) is 48.2 Å². The van der Waals surface area contributed by atoms with Crippen LogP contribution in [-0.2, 0) is 16.6 Å². The fourth-order valence-electron chi connectivity index (χ4n) is 3.25. The molecule has 0 bridgehead atoms. The summed E-state index contributed by atoms with van der Waals surface area (Å²) in [7, 11) is -3.63. The number of unbranched alkanes of at least 4 members (excludes halogenated alkanes) is 1. The van der Waals surface area contributed by atoms with Crippen LogP contribution in [0.5, 0.6) is 0 Å². The van der Waals surface area contributed by atoms with Gasteiger partial charge in [0.05, 0.1) is 23.5 Å². The first-order chi connectivity index (χ1) is 14.7. The Morgan fingerprint density at radius 2 is 1.84 bits per heavy atom. The van der Waals surface area contributed by atoms with Crippen molar-refractivity contribution in [2.75, 3.05) is 17.1 Å². The van der Waals surface area contributed by atoms with Gasteiger partial charge in [0.25, 0.3) is 5.91 Å². The molecule has 5 nitrogen and oxygen atoms in total. The molecule has 1 atom stereocenters. The third-order valence-electron chi connectivity index (χ3n) is 5.23. The van der Waals surface area contributed by atoms with Crippen molar-refractivity contribution in [1.29, 1.82) is 0 Å². The van der Waals surface area contributed by atoms with Crippen molar-refractivity contribution < 1.29 is 17.6 Å². The Bertz CT molecular complexity index is 981. The molecule has 2 aromatic rings. The maximum absolute atomic E-state index is 13.5. The molecule has 1 amide bonds. The van der Waals surface area contributed by atoms with Gasteiger partial charge in [-0.15, -0.1) is 0 Å². The molecule has 0 aromatic heterocycles. The highest BCUT2D eigenvalue weighted by Crippen LogP contribution is 2.26. The maximum atomic E-state index is 13.5. The molecule has 0 aliphatic rings. The largest absolute Gasteiger partial charge is 0.352 e. The maximum Gasteiger partial charge on any atom is 0.251 e. The number of carbonyl (C=O) groups is 1. The first kappa shape index (κ1) is 25.1. The Hall–Kier alpha value is -2.12. The number of hydrogen-bond acceptors (Lipinski definition) is 3. The molecular formula is C23H30ClFN2O3S. The van der Waals surface area contributed by atoms with Crippen LogP contribution < -0.4 is 9.62 Å². The number of nitrogens with zero attached hydrogens (tertiary/aromatic N) is 1. The third-order valence-corrected chi connectivity index (χ3v) is 6.66. The molecule has 2 rings (SSSR count). The van der Waals surface area contributed by atoms with Crippen LogP contribution in [0.4, 0.5) is 10.1 Å². The molecule has 0 fully saturated rings. The molecule has 1 unspecified atom stereocenters. The van der Waals surface area contributed by atoms with Gasteiger partial charge in [-0.25, -0.2) is 12.8 Å².